The standard InChI is InChI=1S/C26H34ClN3O2/c1-26(2)14-18(8-10-32-26)15-29-21-7-3-5-19(11-21)23-12-22(30-17-24(23)27)13-25(31)20-6-4-9-28-16-20/h3,5,7,11-12,17-18,20,28-29H,4,6,8-10,13-16H2,1-2H3/t18-,20-/m1/s1. The Morgan fingerprint density at radius 3 is 2.97 bits per heavy atom. The minimum Gasteiger partial charge on any atom is -0.385 e. The van der Waals surface area contributed by atoms with Crippen molar-refractivity contribution in [2.24, 2.45) is 11.8 Å². The van der Waals surface area contributed by atoms with Gasteiger partial charge in [-0.3, -0.25) is 9.78 Å². The van der Waals surface area contributed by atoms with Gasteiger partial charge in [0.05, 0.1) is 10.6 Å². The van der Waals surface area contributed by atoms with Gasteiger partial charge in [0.25, 0.3) is 0 Å². The molecule has 1 aromatic heterocycles. The van der Waals surface area contributed by atoms with E-state index in [0.717, 1.165) is 74.4 Å². The number of carbonyl (C=O) groups excluding carboxylic acids is 1. The molecule has 0 saturated carbocycles. The molecule has 5 nitrogen and oxygen atoms in total. The van der Waals surface area contributed by atoms with Crippen LogP contribution < -0.4 is 10.6 Å². The summed E-state index contributed by atoms with van der Waals surface area (Å²) in [5.74, 6) is 0.943. The number of benzene rings is 1. The molecule has 0 radical (unpaired) electrons. The van der Waals surface area contributed by atoms with Crippen LogP contribution >= 0.6 is 11.6 Å². The van der Waals surface area contributed by atoms with Crippen molar-refractivity contribution in [2.75, 3.05) is 31.6 Å². The molecule has 6 heteroatoms. The summed E-state index contributed by atoms with van der Waals surface area (Å²) in [6, 6.07) is 10.3. The van der Waals surface area contributed by atoms with Gasteiger partial charge in [0.15, 0.2) is 0 Å². The smallest absolute Gasteiger partial charge is 0.143 e. The molecule has 0 amide bonds. The minimum absolute atomic E-state index is 0.0431. The molecule has 2 aromatic rings. The van der Waals surface area contributed by atoms with Gasteiger partial charge >= 0.3 is 0 Å². The van der Waals surface area contributed by atoms with Gasteiger partial charge in [-0.25, -0.2) is 0 Å². The number of piperidine rings is 1. The summed E-state index contributed by atoms with van der Waals surface area (Å²) >= 11 is 6.51. The van der Waals surface area contributed by atoms with Gasteiger partial charge < -0.3 is 15.4 Å². The highest BCUT2D eigenvalue weighted by molar-refractivity contribution is 6.33. The zero-order chi connectivity index (χ0) is 22.6. The minimum atomic E-state index is -0.0431. The highest BCUT2D eigenvalue weighted by atomic mass is 35.5. The Bertz CT molecular complexity index is 940. The molecule has 32 heavy (non-hydrogen) atoms. The number of aromatic nitrogens is 1. The van der Waals surface area contributed by atoms with Crippen LogP contribution in [-0.4, -0.2) is 42.6 Å². The van der Waals surface area contributed by atoms with E-state index in [0.29, 0.717) is 17.4 Å². The van der Waals surface area contributed by atoms with Crippen molar-refractivity contribution in [1.82, 2.24) is 10.3 Å². The number of hydrogen-bond acceptors (Lipinski definition) is 5. The van der Waals surface area contributed by atoms with Gasteiger partial charge in [-0.05, 0) is 75.8 Å². The summed E-state index contributed by atoms with van der Waals surface area (Å²) < 4.78 is 5.84. The SMILES string of the molecule is CC1(C)C[C@H](CNc2cccc(-c3cc(CC(=O)[C@@H]4CCCNC4)ncc3Cl)c2)CCO1. The van der Waals surface area contributed by atoms with Crippen molar-refractivity contribution < 1.29 is 9.53 Å². The van der Waals surface area contributed by atoms with Gasteiger partial charge in [-0.1, -0.05) is 23.7 Å². The average Bonchev–Trinajstić information content (AvgIpc) is 2.79. The van der Waals surface area contributed by atoms with Gasteiger partial charge in [-0.15, -0.1) is 0 Å². The normalized spacial score (nSPS) is 23.0. The fraction of sp³-hybridized carbons (Fsp3) is 0.538. The molecule has 0 spiro atoms. The summed E-state index contributed by atoms with van der Waals surface area (Å²) in [5.41, 5.74) is 3.76. The second-order valence-electron chi connectivity index (χ2n) is 9.77. The molecule has 1 aromatic carbocycles. The predicted molar refractivity (Wildman–Crippen MR) is 130 cm³/mol. The summed E-state index contributed by atoms with van der Waals surface area (Å²) in [5, 5.41) is 7.51. The van der Waals surface area contributed by atoms with E-state index in [-0.39, 0.29) is 17.3 Å². The Hall–Kier alpha value is -1.95. The number of nitrogens with one attached hydrogen (secondary N) is 2. The number of hydrogen-bond donors (Lipinski definition) is 2. The van der Waals surface area contributed by atoms with Crippen molar-refractivity contribution in [3.63, 3.8) is 0 Å². The molecule has 2 aliphatic rings. The van der Waals surface area contributed by atoms with Gasteiger partial charge in [0, 0.05) is 55.2 Å². The molecule has 3 heterocycles. The number of pyridine rings is 1. The van der Waals surface area contributed by atoms with Gasteiger partial charge in [-0.2, -0.15) is 0 Å². The molecule has 4 rings (SSSR count). The first-order valence-electron chi connectivity index (χ1n) is 11.8. The molecule has 0 aliphatic carbocycles. The molecular weight excluding hydrogens is 422 g/mol. The Morgan fingerprint density at radius 2 is 2.19 bits per heavy atom. The number of carbonyl (C=O) groups is 1. The second kappa shape index (κ2) is 10.3. The Labute approximate surface area is 196 Å². The Kier molecular flexibility index (Phi) is 7.49. The number of halogens is 1. The summed E-state index contributed by atoms with van der Waals surface area (Å²) in [6.07, 6.45) is 6.19. The zero-order valence-corrected chi connectivity index (χ0v) is 19.9. The zero-order valence-electron chi connectivity index (χ0n) is 19.1. The third-order valence-electron chi connectivity index (χ3n) is 6.59. The maximum absolute atomic E-state index is 12.7. The van der Waals surface area contributed by atoms with E-state index in [1.807, 2.05) is 12.1 Å². The fourth-order valence-corrected chi connectivity index (χ4v) is 5.05. The van der Waals surface area contributed by atoms with E-state index in [2.05, 4.69) is 47.7 Å². The topological polar surface area (TPSA) is 63.2 Å². The highest BCUT2D eigenvalue weighted by Crippen LogP contribution is 2.32. The van der Waals surface area contributed by atoms with Crippen LogP contribution in [-0.2, 0) is 16.0 Å². The molecule has 172 valence electrons. The van der Waals surface area contributed by atoms with Crippen LogP contribution in [0.5, 0.6) is 0 Å². The number of Topliss-reactive ketones (excluding diaryl/α,β-unsaturated/α-hetero) is 1. The second-order valence-corrected chi connectivity index (χ2v) is 10.2. The molecule has 2 N–H and O–H groups in total. The molecule has 0 unspecified atom stereocenters. The van der Waals surface area contributed by atoms with Crippen LogP contribution in [0.2, 0.25) is 5.02 Å². The first kappa shape index (κ1) is 23.2. The monoisotopic (exact) mass is 455 g/mol. The molecule has 0 bridgehead atoms. The number of nitrogens with zero attached hydrogens (tertiary/aromatic N) is 1. The van der Waals surface area contributed by atoms with E-state index in [1.165, 1.54) is 0 Å². The van der Waals surface area contributed by atoms with Crippen LogP contribution in [0.1, 0.15) is 45.2 Å². The molecule has 2 aliphatic heterocycles. The number of rotatable bonds is 7. The van der Waals surface area contributed by atoms with E-state index < -0.39 is 0 Å². The Morgan fingerprint density at radius 1 is 1.31 bits per heavy atom. The average molecular weight is 456 g/mol. The number of ether oxygens (including phenoxy) is 1. The van der Waals surface area contributed by atoms with Crippen molar-refractivity contribution in [1.29, 1.82) is 0 Å². The van der Waals surface area contributed by atoms with Crippen molar-refractivity contribution in [3.8, 4) is 11.1 Å². The van der Waals surface area contributed by atoms with Crippen molar-refractivity contribution in [3.05, 3.63) is 47.2 Å². The third kappa shape index (κ3) is 6.09. The van der Waals surface area contributed by atoms with Crippen LogP contribution in [0.25, 0.3) is 11.1 Å². The summed E-state index contributed by atoms with van der Waals surface area (Å²) in [4.78, 5) is 17.1. The van der Waals surface area contributed by atoms with E-state index in [4.69, 9.17) is 16.3 Å². The lowest BCUT2D eigenvalue weighted by Gasteiger charge is -2.35. The maximum atomic E-state index is 12.7. The summed E-state index contributed by atoms with van der Waals surface area (Å²) in [6.45, 7) is 7.86. The molecule has 2 saturated heterocycles. The predicted octanol–water partition coefficient (Wildman–Crippen LogP) is 5.13. The number of anilines is 1. The Balaban J connectivity index is 1.43. The maximum Gasteiger partial charge on any atom is 0.143 e. The van der Waals surface area contributed by atoms with E-state index in [9.17, 15) is 4.79 Å². The molecule has 2 atom stereocenters. The van der Waals surface area contributed by atoms with Gasteiger partial charge in [0.2, 0.25) is 0 Å². The van der Waals surface area contributed by atoms with Crippen LogP contribution in [0, 0.1) is 11.8 Å². The van der Waals surface area contributed by atoms with E-state index in [1.54, 1.807) is 6.20 Å². The first-order chi connectivity index (χ1) is 15.4. The van der Waals surface area contributed by atoms with Crippen LogP contribution in [0.3, 0.4) is 0 Å². The lowest BCUT2D eigenvalue weighted by atomic mass is 9.88. The van der Waals surface area contributed by atoms with Crippen LogP contribution in [0.4, 0.5) is 5.69 Å². The van der Waals surface area contributed by atoms with Crippen LogP contribution in [0.15, 0.2) is 36.5 Å². The molecular formula is C26H34ClN3O2. The van der Waals surface area contributed by atoms with E-state index >= 15 is 0 Å². The first-order valence-corrected chi connectivity index (χ1v) is 12.1. The van der Waals surface area contributed by atoms with Gasteiger partial charge in [0.1, 0.15) is 5.78 Å². The molecule has 2 fully saturated rings. The quantitative estimate of drug-likeness (QED) is 0.605. The number of ketones is 1. The highest BCUT2D eigenvalue weighted by Gasteiger charge is 2.28. The summed E-state index contributed by atoms with van der Waals surface area (Å²) in [7, 11) is 0. The van der Waals surface area contributed by atoms with Crippen molar-refractivity contribution in [2.45, 2.75) is 51.6 Å². The lowest BCUT2D eigenvalue weighted by Crippen LogP contribution is -2.36. The fourth-order valence-electron chi connectivity index (χ4n) is 4.84. The lowest BCUT2D eigenvalue weighted by molar-refractivity contribution is -0.122. The third-order valence-corrected chi connectivity index (χ3v) is 6.89. The largest absolute Gasteiger partial charge is 0.385 e. The van der Waals surface area contributed by atoms with Crippen molar-refractivity contribution >= 4 is 23.1 Å².